The van der Waals surface area contributed by atoms with Crippen molar-refractivity contribution >= 4 is 15.9 Å². The molecule has 0 radical (unpaired) electrons. The highest BCUT2D eigenvalue weighted by atomic mass is 79.9. The first kappa shape index (κ1) is 10.3. The lowest BCUT2D eigenvalue weighted by Gasteiger charge is -2.07. The van der Waals surface area contributed by atoms with Crippen molar-refractivity contribution in [2.45, 2.75) is 6.61 Å². The van der Waals surface area contributed by atoms with Gasteiger partial charge in [-0.05, 0) is 28.1 Å². The standard InChI is InChI=1S/C9H7BrFN3O/c10-6-2-1-3-7(11)9(6)14-5-12-13-8(14)4-15/h1-3,5,15H,4H2. The van der Waals surface area contributed by atoms with E-state index in [1.54, 1.807) is 12.1 Å². The molecule has 0 amide bonds. The molecule has 0 saturated heterocycles. The Bertz CT molecular complexity index is 466. The largest absolute Gasteiger partial charge is 0.388 e. The van der Waals surface area contributed by atoms with Gasteiger partial charge in [-0.3, -0.25) is 4.57 Å². The highest BCUT2D eigenvalue weighted by Gasteiger charge is 2.12. The number of hydrogen-bond donors (Lipinski definition) is 1. The second-order valence-electron chi connectivity index (χ2n) is 2.85. The second kappa shape index (κ2) is 4.08. The van der Waals surface area contributed by atoms with Crippen LogP contribution in [0.25, 0.3) is 5.69 Å². The van der Waals surface area contributed by atoms with Crippen LogP contribution in [0.1, 0.15) is 5.82 Å². The molecule has 0 bridgehead atoms. The molecule has 2 rings (SSSR count). The lowest BCUT2D eigenvalue weighted by atomic mass is 10.3. The van der Waals surface area contributed by atoms with Gasteiger partial charge < -0.3 is 5.11 Å². The summed E-state index contributed by atoms with van der Waals surface area (Å²) in [7, 11) is 0. The van der Waals surface area contributed by atoms with Crippen molar-refractivity contribution in [2.75, 3.05) is 0 Å². The van der Waals surface area contributed by atoms with Gasteiger partial charge in [-0.2, -0.15) is 0 Å². The molecule has 0 aliphatic heterocycles. The molecule has 0 fully saturated rings. The van der Waals surface area contributed by atoms with Crippen molar-refractivity contribution in [1.82, 2.24) is 14.8 Å². The van der Waals surface area contributed by atoms with Gasteiger partial charge in [0.05, 0.1) is 5.69 Å². The van der Waals surface area contributed by atoms with Crippen molar-refractivity contribution in [3.63, 3.8) is 0 Å². The third-order valence-corrected chi connectivity index (χ3v) is 2.58. The van der Waals surface area contributed by atoms with E-state index in [1.165, 1.54) is 17.0 Å². The number of benzene rings is 1. The number of aromatic nitrogens is 3. The fourth-order valence-corrected chi connectivity index (χ4v) is 1.81. The van der Waals surface area contributed by atoms with Crippen molar-refractivity contribution in [2.24, 2.45) is 0 Å². The van der Waals surface area contributed by atoms with E-state index in [1.807, 2.05) is 0 Å². The van der Waals surface area contributed by atoms with Crippen LogP contribution in [-0.2, 0) is 6.61 Å². The molecule has 2 aromatic rings. The average Bonchev–Trinajstić information content (AvgIpc) is 2.65. The molecular formula is C9H7BrFN3O. The Hall–Kier alpha value is -1.27. The maximum Gasteiger partial charge on any atom is 0.163 e. The van der Waals surface area contributed by atoms with Gasteiger partial charge in [0, 0.05) is 4.47 Å². The fourth-order valence-electron chi connectivity index (χ4n) is 1.27. The summed E-state index contributed by atoms with van der Waals surface area (Å²) in [6.07, 6.45) is 1.36. The van der Waals surface area contributed by atoms with Crippen molar-refractivity contribution in [3.8, 4) is 5.69 Å². The van der Waals surface area contributed by atoms with Gasteiger partial charge in [-0.25, -0.2) is 4.39 Å². The Balaban J connectivity index is 2.63. The van der Waals surface area contributed by atoms with Crippen LogP contribution in [-0.4, -0.2) is 19.9 Å². The number of aliphatic hydroxyl groups excluding tert-OH is 1. The minimum absolute atomic E-state index is 0.291. The van der Waals surface area contributed by atoms with Gasteiger partial charge >= 0.3 is 0 Å². The van der Waals surface area contributed by atoms with E-state index in [0.717, 1.165) is 0 Å². The first-order valence-electron chi connectivity index (χ1n) is 4.18. The Morgan fingerprint density at radius 3 is 2.93 bits per heavy atom. The quantitative estimate of drug-likeness (QED) is 0.904. The normalized spacial score (nSPS) is 10.6. The molecule has 4 nitrogen and oxygen atoms in total. The molecule has 6 heteroatoms. The summed E-state index contributed by atoms with van der Waals surface area (Å²) < 4.78 is 15.5. The van der Waals surface area contributed by atoms with Crippen LogP contribution in [0.5, 0.6) is 0 Å². The zero-order valence-electron chi connectivity index (χ0n) is 7.56. The van der Waals surface area contributed by atoms with Crippen LogP contribution in [0.15, 0.2) is 29.0 Å². The lowest BCUT2D eigenvalue weighted by molar-refractivity contribution is 0.268. The molecule has 1 heterocycles. The van der Waals surface area contributed by atoms with Crippen LogP contribution in [0, 0.1) is 5.82 Å². The van der Waals surface area contributed by atoms with Crippen LogP contribution >= 0.6 is 15.9 Å². The Morgan fingerprint density at radius 1 is 1.47 bits per heavy atom. The maximum absolute atomic E-state index is 13.5. The first-order chi connectivity index (χ1) is 7.24. The molecule has 1 aromatic heterocycles. The third kappa shape index (κ3) is 1.78. The molecule has 0 aliphatic rings. The smallest absolute Gasteiger partial charge is 0.163 e. The van der Waals surface area contributed by atoms with Crippen molar-refractivity contribution in [3.05, 3.63) is 40.6 Å². The van der Waals surface area contributed by atoms with E-state index in [9.17, 15) is 4.39 Å². The molecule has 0 saturated carbocycles. The second-order valence-corrected chi connectivity index (χ2v) is 3.70. The molecule has 1 aromatic carbocycles. The van der Waals surface area contributed by atoms with Gasteiger partial charge in [0.25, 0.3) is 0 Å². The van der Waals surface area contributed by atoms with Gasteiger partial charge in [0.15, 0.2) is 5.82 Å². The zero-order chi connectivity index (χ0) is 10.8. The van der Waals surface area contributed by atoms with E-state index >= 15 is 0 Å². The minimum atomic E-state index is -0.404. The molecule has 78 valence electrons. The van der Waals surface area contributed by atoms with Gasteiger partial charge in [-0.15, -0.1) is 10.2 Å². The summed E-state index contributed by atoms with van der Waals surface area (Å²) in [4.78, 5) is 0. The lowest BCUT2D eigenvalue weighted by Crippen LogP contribution is -2.03. The summed E-state index contributed by atoms with van der Waals surface area (Å²) in [5, 5.41) is 16.3. The van der Waals surface area contributed by atoms with Gasteiger partial charge in [-0.1, -0.05) is 6.07 Å². The minimum Gasteiger partial charge on any atom is -0.388 e. The predicted molar refractivity (Wildman–Crippen MR) is 54.9 cm³/mol. The summed E-state index contributed by atoms with van der Waals surface area (Å²) >= 11 is 3.23. The topological polar surface area (TPSA) is 50.9 Å². The Morgan fingerprint density at radius 2 is 2.27 bits per heavy atom. The Labute approximate surface area is 93.5 Å². The van der Waals surface area contributed by atoms with E-state index < -0.39 is 5.82 Å². The highest BCUT2D eigenvalue weighted by molar-refractivity contribution is 9.10. The molecule has 15 heavy (non-hydrogen) atoms. The summed E-state index contributed by atoms with van der Waals surface area (Å²) in [5.41, 5.74) is 0.298. The number of para-hydroxylation sites is 1. The first-order valence-corrected chi connectivity index (χ1v) is 4.97. The molecule has 0 unspecified atom stereocenters. The SMILES string of the molecule is OCc1nncn1-c1c(F)cccc1Br. The summed E-state index contributed by atoms with van der Waals surface area (Å²) in [6.45, 7) is -0.291. The summed E-state index contributed by atoms with van der Waals surface area (Å²) in [5.74, 6) is -0.111. The van der Waals surface area contributed by atoms with E-state index in [2.05, 4.69) is 26.1 Å². The number of halogens is 2. The molecular weight excluding hydrogens is 265 g/mol. The number of nitrogens with zero attached hydrogens (tertiary/aromatic N) is 3. The predicted octanol–water partition coefficient (Wildman–Crippen LogP) is 1.66. The molecule has 0 spiro atoms. The maximum atomic E-state index is 13.5. The van der Waals surface area contributed by atoms with Crippen LogP contribution < -0.4 is 0 Å². The fraction of sp³-hybridized carbons (Fsp3) is 0.111. The average molecular weight is 272 g/mol. The molecule has 1 N–H and O–H groups in total. The van der Waals surface area contributed by atoms with Gasteiger partial charge in [0.2, 0.25) is 0 Å². The van der Waals surface area contributed by atoms with Gasteiger partial charge in [0.1, 0.15) is 18.8 Å². The highest BCUT2D eigenvalue weighted by Crippen LogP contribution is 2.24. The van der Waals surface area contributed by atoms with E-state index in [-0.39, 0.29) is 6.61 Å². The summed E-state index contributed by atoms with van der Waals surface area (Å²) in [6, 6.07) is 4.63. The van der Waals surface area contributed by atoms with E-state index in [0.29, 0.717) is 16.0 Å². The van der Waals surface area contributed by atoms with Crippen molar-refractivity contribution in [1.29, 1.82) is 0 Å². The third-order valence-electron chi connectivity index (χ3n) is 1.94. The van der Waals surface area contributed by atoms with Crippen LogP contribution in [0.4, 0.5) is 4.39 Å². The van der Waals surface area contributed by atoms with E-state index in [4.69, 9.17) is 5.11 Å². The zero-order valence-corrected chi connectivity index (χ0v) is 9.15. The number of aliphatic hydroxyl groups is 1. The molecule has 0 aliphatic carbocycles. The van der Waals surface area contributed by atoms with Crippen LogP contribution in [0.3, 0.4) is 0 Å². The monoisotopic (exact) mass is 271 g/mol. The van der Waals surface area contributed by atoms with Crippen LogP contribution in [0.2, 0.25) is 0 Å². The number of hydrogen-bond acceptors (Lipinski definition) is 3. The van der Waals surface area contributed by atoms with Crippen molar-refractivity contribution < 1.29 is 9.50 Å². The Kier molecular flexibility index (Phi) is 2.79. The number of rotatable bonds is 2. The molecule has 0 atom stereocenters.